The second-order valence-corrected chi connectivity index (χ2v) is 10.4. The lowest BCUT2D eigenvalue weighted by molar-refractivity contribution is -0.121. The van der Waals surface area contributed by atoms with Gasteiger partial charge in [-0.1, -0.05) is 97.6 Å². The standard InChI is InChI=1S/C23H20N2OS2.C5H8.C4H6/c1-15-4-8-17(9-5-15)20-13-12-19(27-20)14-21-22(26)25(3)23(28-21)24-18-10-6-16(2)7-11-18;1-4-5(2)3;1-3-4-2/h4-14H,1-3H3;4H,1-2H2,3H3;3-4H,1-2H2/b21-14-,24-23?;;. The number of aliphatic imine (C=N–C) groups is 1. The van der Waals surface area contributed by atoms with Crippen molar-refractivity contribution in [1.82, 2.24) is 4.90 Å². The number of amides is 1. The number of thioether (sulfide) groups is 1. The van der Waals surface area contributed by atoms with Gasteiger partial charge in [-0.25, -0.2) is 4.99 Å². The van der Waals surface area contributed by atoms with E-state index in [-0.39, 0.29) is 5.91 Å². The molecule has 1 saturated heterocycles. The van der Waals surface area contributed by atoms with Crippen LogP contribution in [0.1, 0.15) is 22.9 Å². The van der Waals surface area contributed by atoms with E-state index in [1.54, 1.807) is 41.5 Å². The van der Waals surface area contributed by atoms with Gasteiger partial charge < -0.3 is 0 Å². The fourth-order valence-corrected chi connectivity index (χ4v) is 4.82. The molecule has 2 aromatic carbocycles. The molecule has 1 amide bonds. The Morgan fingerprint density at radius 1 is 0.892 bits per heavy atom. The van der Waals surface area contributed by atoms with Crippen LogP contribution in [0.15, 0.2) is 121 Å². The highest BCUT2D eigenvalue weighted by Gasteiger charge is 2.30. The number of nitrogens with zero attached hydrogens (tertiary/aromatic N) is 2. The molecule has 1 fully saturated rings. The first-order valence-corrected chi connectivity index (χ1v) is 13.3. The van der Waals surface area contributed by atoms with Gasteiger partial charge >= 0.3 is 0 Å². The van der Waals surface area contributed by atoms with Crippen molar-refractivity contribution in [2.45, 2.75) is 20.8 Å². The third kappa shape index (κ3) is 9.37. The summed E-state index contributed by atoms with van der Waals surface area (Å²) >= 11 is 3.11. The predicted octanol–water partition coefficient (Wildman–Crippen LogP) is 9.37. The Labute approximate surface area is 230 Å². The summed E-state index contributed by atoms with van der Waals surface area (Å²) in [5.41, 5.74) is 5.51. The molecule has 0 spiro atoms. The molecule has 0 unspecified atom stereocenters. The summed E-state index contributed by atoms with van der Waals surface area (Å²) in [7, 11) is 1.77. The molecule has 3 nitrogen and oxygen atoms in total. The van der Waals surface area contributed by atoms with E-state index in [0.717, 1.165) is 16.1 Å². The number of hydrogen-bond donors (Lipinski definition) is 0. The Balaban J connectivity index is 0.000000464. The van der Waals surface area contributed by atoms with Crippen LogP contribution in [0.5, 0.6) is 0 Å². The van der Waals surface area contributed by atoms with Crippen LogP contribution in [0.2, 0.25) is 0 Å². The van der Waals surface area contributed by atoms with Gasteiger partial charge in [-0.05, 0) is 68.4 Å². The van der Waals surface area contributed by atoms with E-state index in [2.05, 4.69) is 74.6 Å². The van der Waals surface area contributed by atoms with Crippen molar-refractivity contribution in [3.63, 3.8) is 0 Å². The number of allylic oxidation sites excluding steroid dienone is 4. The van der Waals surface area contributed by atoms with E-state index in [0.29, 0.717) is 10.1 Å². The van der Waals surface area contributed by atoms with E-state index in [1.807, 2.05) is 44.2 Å². The monoisotopic (exact) mass is 526 g/mol. The van der Waals surface area contributed by atoms with Crippen molar-refractivity contribution >= 4 is 45.9 Å². The molecule has 2 heterocycles. The topological polar surface area (TPSA) is 32.7 Å². The molecule has 0 N–H and O–H groups in total. The van der Waals surface area contributed by atoms with Crippen LogP contribution < -0.4 is 0 Å². The van der Waals surface area contributed by atoms with Gasteiger partial charge in [0.2, 0.25) is 0 Å². The van der Waals surface area contributed by atoms with Crippen LogP contribution in [0, 0.1) is 13.8 Å². The van der Waals surface area contributed by atoms with Gasteiger partial charge in [0, 0.05) is 16.8 Å². The molecule has 5 heteroatoms. The Morgan fingerprint density at radius 3 is 1.95 bits per heavy atom. The largest absolute Gasteiger partial charge is 0.290 e. The van der Waals surface area contributed by atoms with E-state index in [4.69, 9.17) is 0 Å². The highest BCUT2D eigenvalue weighted by Crippen LogP contribution is 2.36. The van der Waals surface area contributed by atoms with Crippen molar-refractivity contribution in [2.24, 2.45) is 4.99 Å². The quantitative estimate of drug-likeness (QED) is 0.245. The Morgan fingerprint density at radius 2 is 1.43 bits per heavy atom. The smallest absolute Gasteiger partial charge is 0.266 e. The Bertz CT molecular complexity index is 1300. The number of amidine groups is 1. The number of thiophene rings is 1. The molecule has 0 bridgehead atoms. The summed E-state index contributed by atoms with van der Waals surface area (Å²) in [6.07, 6.45) is 6.96. The van der Waals surface area contributed by atoms with Gasteiger partial charge in [0.1, 0.15) is 0 Å². The Hall–Kier alpha value is -3.67. The minimum atomic E-state index is -0.0128. The van der Waals surface area contributed by atoms with Crippen molar-refractivity contribution in [1.29, 1.82) is 0 Å². The van der Waals surface area contributed by atoms with Crippen LogP contribution in [-0.2, 0) is 4.79 Å². The molecular weight excluding hydrogens is 492 g/mol. The van der Waals surface area contributed by atoms with E-state index < -0.39 is 0 Å². The zero-order chi connectivity index (χ0) is 27.4. The van der Waals surface area contributed by atoms with Crippen molar-refractivity contribution in [3.05, 3.63) is 132 Å². The number of hydrogen-bond acceptors (Lipinski definition) is 4. The molecule has 190 valence electrons. The molecule has 4 rings (SSSR count). The second-order valence-electron chi connectivity index (χ2n) is 8.29. The zero-order valence-corrected chi connectivity index (χ0v) is 23.7. The molecule has 3 aromatic rings. The molecule has 1 aromatic heterocycles. The molecule has 37 heavy (non-hydrogen) atoms. The molecule has 0 radical (unpaired) electrons. The van der Waals surface area contributed by atoms with Gasteiger partial charge in [-0.3, -0.25) is 9.69 Å². The van der Waals surface area contributed by atoms with Crippen LogP contribution in [0.3, 0.4) is 0 Å². The first-order chi connectivity index (χ1) is 17.7. The average molecular weight is 527 g/mol. The van der Waals surface area contributed by atoms with Crippen LogP contribution in [0.25, 0.3) is 16.5 Å². The molecule has 0 atom stereocenters. The second kappa shape index (κ2) is 14.8. The lowest BCUT2D eigenvalue weighted by Crippen LogP contribution is -2.23. The van der Waals surface area contributed by atoms with Gasteiger partial charge in [0.25, 0.3) is 5.91 Å². The van der Waals surface area contributed by atoms with Gasteiger partial charge in [-0.2, -0.15) is 0 Å². The van der Waals surface area contributed by atoms with Crippen LogP contribution in [-0.4, -0.2) is 23.0 Å². The van der Waals surface area contributed by atoms with Crippen molar-refractivity contribution < 1.29 is 4.79 Å². The van der Waals surface area contributed by atoms with E-state index in [9.17, 15) is 4.79 Å². The van der Waals surface area contributed by atoms with E-state index >= 15 is 0 Å². The fourth-order valence-electron chi connectivity index (χ4n) is 2.81. The summed E-state index contributed by atoms with van der Waals surface area (Å²) < 4.78 is 0. The number of likely N-dealkylation sites (N-methyl/N-ethyl adjacent to an activating group) is 1. The summed E-state index contributed by atoms with van der Waals surface area (Å²) in [6, 6.07) is 20.7. The summed E-state index contributed by atoms with van der Waals surface area (Å²) in [5, 5.41) is 0.704. The highest BCUT2D eigenvalue weighted by atomic mass is 32.2. The minimum Gasteiger partial charge on any atom is -0.290 e. The number of aryl methyl sites for hydroxylation is 2. The average Bonchev–Trinajstić information content (AvgIpc) is 3.47. The summed E-state index contributed by atoms with van der Waals surface area (Å²) in [6.45, 7) is 19.8. The fraction of sp³-hybridized carbons (Fsp3) is 0.125. The number of benzene rings is 2. The molecule has 0 saturated carbocycles. The zero-order valence-electron chi connectivity index (χ0n) is 22.0. The first kappa shape index (κ1) is 29.6. The lowest BCUT2D eigenvalue weighted by Gasteiger charge is -2.07. The van der Waals surface area contributed by atoms with Gasteiger partial charge in [0.05, 0.1) is 10.6 Å². The maximum absolute atomic E-state index is 12.6. The van der Waals surface area contributed by atoms with E-state index in [1.165, 1.54) is 33.3 Å². The van der Waals surface area contributed by atoms with Crippen molar-refractivity contribution in [2.75, 3.05) is 7.05 Å². The predicted molar refractivity (Wildman–Crippen MR) is 167 cm³/mol. The van der Waals surface area contributed by atoms with Crippen molar-refractivity contribution in [3.8, 4) is 10.4 Å². The van der Waals surface area contributed by atoms with Crippen LogP contribution in [0.4, 0.5) is 5.69 Å². The normalized spacial score (nSPS) is 14.4. The number of carbonyl (C=O) groups is 1. The van der Waals surface area contributed by atoms with Gasteiger partial charge in [-0.15, -0.1) is 11.3 Å². The SMILES string of the molecule is C=CC(=C)C.C=CC=C.Cc1ccc(N=C2S/C(=C\c3ccc(-c4ccc(C)cc4)s3)C(=O)N2C)cc1. The maximum Gasteiger partial charge on any atom is 0.266 e. The molecule has 1 aliphatic heterocycles. The molecule has 1 aliphatic rings. The van der Waals surface area contributed by atoms with Crippen LogP contribution >= 0.6 is 23.1 Å². The Kier molecular flexibility index (Phi) is 11.8. The molecule has 0 aliphatic carbocycles. The third-order valence-electron chi connectivity index (χ3n) is 5.01. The third-order valence-corrected chi connectivity index (χ3v) is 7.16. The summed E-state index contributed by atoms with van der Waals surface area (Å²) in [5.74, 6) is -0.0128. The number of carbonyl (C=O) groups excluding carboxylic acids is 1. The van der Waals surface area contributed by atoms with Gasteiger partial charge in [0.15, 0.2) is 5.17 Å². The highest BCUT2D eigenvalue weighted by molar-refractivity contribution is 8.18. The first-order valence-electron chi connectivity index (χ1n) is 11.7. The minimum absolute atomic E-state index is 0.0128. The molecular formula is C32H34N2OS2. The number of rotatable bonds is 5. The maximum atomic E-state index is 12.6. The lowest BCUT2D eigenvalue weighted by atomic mass is 10.1. The summed E-state index contributed by atoms with van der Waals surface area (Å²) in [4.78, 5) is 21.9.